The van der Waals surface area contributed by atoms with Crippen molar-refractivity contribution < 1.29 is 9.53 Å². The van der Waals surface area contributed by atoms with Crippen molar-refractivity contribution in [1.82, 2.24) is 10.3 Å². The second-order valence-electron chi connectivity index (χ2n) is 6.67. The lowest BCUT2D eigenvalue weighted by molar-refractivity contribution is 0.0933. The lowest BCUT2D eigenvalue weighted by atomic mass is 10.2. The number of hydrogen-bond acceptors (Lipinski definition) is 4. The molecule has 0 spiro atoms. The van der Waals surface area contributed by atoms with Gasteiger partial charge in [-0.3, -0.25) is 9.78 Å². The van der Waals surface area contributed by atoms with E-state index in [1.807, 2.05) is 44.2 Å². The topological polar surface area (TPSA) is 63.2 Å². The molecule has 5 nitrogen and oxygen atoms in total. The highest BCUT2D eigenvalue weighted by Crippen LogP contribution is 2.28. The summed E-state index contributed by atoms with van der Waals surface area (Å²) < 4.78 is 5.83. The van der Waals surface area contributed by atoms with Crippen LogP contribution in [0.3, 0.4) is 0 Å². The Morgan fingerprint density at radius 2 is 1.96 bits per heavy atom. The van der Waals surface area contributed by atoms with E-state index in [9.17, 15) is 4.79 Å². The molecule has 1 aliphatic carbocycles. The van der Waals surface area contributed by atoms with Crippen LogP contribution in [0.2, 0.25) is 0 Å². The van der Waals surface area contributed by atoms with Crippen molar-refractivity contribution >= 4 is 17.3 Å². The minimum Gasteiger partial charge on any atom is -0.489 e. The van der Waals surface area contributed by atoms with Crippen LogP contribution in [0.4, 0.5) is 11.4 Å². The molecule has 1 aliphatic rings. The molecule has 1 saturated carbocycles. The molecule has 1 amide bonds. The van der Waals surface area contributed by atoms with Crippen LogP contribution in [0.5, 0.6) is 5.75 Å². The molecule has 0 radical (unpaired) electrons. The average molecular weight is 339 g/mol. The number of ether oxygens (including phenoxy) is 1. The molecule has 0 saturated heterocycles. The summed E-state index contributed by atoms with van der Waals surface area (Å²) in [7, 11) is 0. The molecule has 25 heavy (non-hydrogen) atoms. The van der Waals surface area contributed by atoms with Gasteiger partial charge >= 0.3 is 0 Å². The van der Waals surface area contributed by atoms with E-state index < -0.39 is 0 Å². The highest BCUT2D eigenvalue weighted by molar-refractivity contribution is 5.93. The van der Waals surface area contributed by atoms with Crippen LogP contribution in [0, 0.1) is 0 Å². The summed E-state index contributed by atoms with van der Waals surface area (Å²) in [5.74, 6) is 0.675. The molecule has 0 atom stereocenters. The van der Waals surface area contributed by atoms with Crippen molar-refractivity contribution in [1.29, 1.82) is 0 Å². The number of rotatable bonds is 6. The molecule has 3 rings (SSSR count). The van der Waals surface area contributed by atoms with E-state index in [1.54, 1.807) is 12.3 Å². The zero-order chi connectivity index (χ0) is 17.6. The van der Waals surface area contributed by atoms with Gasteiger partial charge in [-0.2, -0.15) is 0 Å². The van der Waals surface area contributed by atoms with Crippen molar-refractivity contribution in [3.8, 4) is 5.75 Å². The molecule has 0 bridgehead atoms. The van der Waals surface area contributed by atoms with Crippen molar-refractivity contribution in [2.75, 3.05) is 5.32 Å². The molecule has 1 fully saturated rings. The van der Waals surface area contributed by atoms with Gasteiger partial charge in [-0.05, 0) is 51.0 Å². The van der Waals surface area contributed by atoms with Crippen LogP contribution < -0.4 is 15.4 Å². The van der Waals surface area contributed by atoms with Gasteiger partial charge in [0, 0.05) is 17.9 Å². The molecule has 2 N–H and O–H groups in total. The number of para-hydroxylation sites is 2. The van der Waals surface area contributed by atoms with Gasteiger partial charge in [0.1, 0.15) is 11.4 Å². The van der Waals surface area contributed by atoms with Gasteiger partial charge in [-0.15, -0.1) is 0 Å². The Hall–Kier alpha value is -2.56. The Balaban J connectivity index is 1.72. The fourth-order valence-corrected chi connectivity index (χ4v) is 3.04. The van der Waals surface area contributed by atoms with Gasteiger partial charge in [0.05, 0.1) is 11.8 Å². The van der Waals surface area contributed by atoms with Gasteiger partial charge < -0.3 is 15.4 Å². The lowest BCUT2D eigenvalue weighted by Gasteiger charge is -2.16. The van der Waals surface area contributed by atoms with Crippen LogP contribution in [0.1, 0.15) is 50.0 Å². The zero-order valence-electron chi connectivity index (χ0n) is 14.8. The fraction of sp³-hybridized carbons (Fsp3) is 0.400. The molecule has 2 aromatic rings. The summed E-state index contributed by atoms with van der Waals surface area (Å²) in [6, 6.07) is 11.7. The van der Waals surface area contributed by atoms with Crippen LogP contribution in [0.25, 0.3) is 0 Å². The van der Waals surface area contributed by atoms with Crippen molar-refractivity contribution in [3.05, 3.63) is 48.3 Å². The van der Waals surface area contributed by atoms with E-state index in [-0.39, 0.29) is 18.1 Å². The van der Waals surface area contributed by atoms with E-state index in [0.29, 0.717) is 5.69 Å². The van der Waals surface area contributed by atoms with E-state index >= 15 is 0 Å². The van der Waals surface area contributed by atoms with Crippen molar-refractivity contribution in [2.45, 2.75) is 51.7 Å². The Morgan fingerprint density at radius 1 is 1.20 bits per heavy atom. The van der Waals surface area contributed by atoms with Crippen LogP contribution in [-0.2, 0) is 0 Å². The first kappa shape index (κ1) is 17.3. The number of nitrogens with zero attached hydrogens (tertiary/aromatic N) is 1. The number of carbonyl (C=O) groups excluding carboxylic acids is 1. The number of amides is 1. The molecule has 132 valence electrons. The van der Waals surface area contributed by atoms with Crippen LogP contribution >= 0.6 is 0 Å². The first-order valence-electron chi connectivity index (χ1n) is 8.91. The fourth-order valence-electron chi connectivity index (χ4n) is 3.04. The maximum Gasteiger partial charge on any atom is 0.270 e. The molecule has 1 aromatic heterocycles. The lowest BCUT2D eigenvalue weighted by Crippen LogP contribution is -2.33. The minimum atomic E-state index is -0.109. The maximum absolute atomic E-state index is 12.4. The molecule has 0 unspecified atom stereocenters. The molecule has 5 heteroatoms. The average Bonchev–Trinajstić information content (AvgIpc) is 3.09. The largest absolute Gasteiger partial charge is 0.489 e. The number of benzene rings is 1. The van der Waals surface area contributed by atoms with E-state index in [1.165, 1.54) is 12.8 Å². The normalized spacial score (nSPS) is 14.5. The van der Waals surface area contributed by atoms with Crippen LogP contribution in [0.15, 0.2) is 42.6 Å². The third-order valence-corrected chi connectivity index (χ3v) is 4.21. The van der Waals surface area contributed by atoms with Gasteiger partial charge in [0.2, 0.25) is 0 Å². The molecule has 1 aromatic carbocycles. The number of aromatic nitrogens is 1. The van der Waals surface area contributed by atoms with E-state index in [2.05, 4.69) is 15.6 Å². The van der Waals surface area contributed by atoms with Gasteiger partial charge in [0.25, 0.3) is 5.91 Å². The quantitative estimate of drug-likeness (QED) is 0.824. The Morgan fingerprint density at radius 3 is 2.72 bits per heavy atom. The number of anilines is 2. The molecule has 1 heterocycles. The smallest absolute Gasteiger partial charge is 0.270 e. The van der Waals surface area contributed by atoms with Gasteiger partial charge in [-0.1, -0.05) is 25.0 Å². The number of nitrogens with one attached hydrogen (secondary N) is 2. The van der Waals surface area contributed by atoms with Crippen molar-refractivity contribution in [3.63, 3.8) is 0 Å². The summed E-state index contributed by atoms with van der Waals surface area (Å²) in [4.78, 5) is 16.6. The summed E-state index contributed by atoms with van der Waals surface area (Å²) in [5, 5.41) is 6.39. The van der Waals surface area contributed by atoms with E-state index in [4.69, 9.17) is 4.74 Å². The standard InChI is InChI=1S/C20H25N3O2/c1-14(2)25-19-10-6-5-9-17(19)22-16-11-12-21-18(13-16)20(24)23-15-7-3-4-8-15/h5-6,9-15H,3-4,7-8H2,1-2H3,(H,21,22)(H,23,24). The van der Waals surface area contributed by atoms with Gasteiger partial charge in [-0.25, -0.2) is 0 Å². The summed E-state index contributed by atoms with van der Waals surface area (Å²) in [6.45, 7) is 3.99. The second kappa shape index (κ2) is 8.01. The van der Waals surface area contributed by atoms with E-state index in [0.717, 1.165) is 30.0 Å². The highest BCUT2D eigenvalue weighted by atomic mass is 16.5. The van der Waals surface area contributed by atoms with Crippen LogP contribution in [-0.4, -0.2) is 23.0 Å². The summed E-state index contributed by atoms with van der Waals surface area (Å²) >= 11 is 0. The Kier molecular flexibility index (Phi) is 5.53. The highest BCUT2D eigenvalue weighted by Gasteiger charge is 2.18. The maximum atomic E-state index is 12.4. The summed E-state index contributed by atoms with van der Waals surface area (Å²) in [6.07, 6.45) is 6.23. The first-order valence-corrected chi connectivity index (χ1v) is 8.91. The Bertz CT molecular complexity index is 724. The predicted molar refractivity (Wildman–Crippen MR) is 99.4 cm³/mol. The summed E-state index contributed by atoms with van der Waals surface area (Å²) in [5.41, 5.74) is 2.11. The third kappa shape index (κ3) is 4.72. The van der Waals surface area contributed by atoms with Crippen molar-refractivity contribution in [2.24, 2.45) is 0 Å². The minimum absolute atomic E-state index is 0.0909. The molecular weight excluding hydrogens is 314 g/mol. The third-order valence-electron chi connectivity index (χ3n) is 4.21. The number of pyridine rings is 1. The second-order valence-corrected chi connectivity index (χ2v) is 6.67. The zero-order valence-corrected chi connectivity index (χ0v) is 14.8. The molecular formula is C20H25N3O2. The first-order chi connectivity index (χ1) is 12.1. The predicted octanol–water partition coefficient (Wildman–Crippen LogP) is 4.28. The monoisotopic (exact) mass is 339 g/mol. The Labute approximate surface area is 148 Å². The SMILES string of the molecule is CC(C)Oc1ccccc1Nc1ccnc(C(=O)NC2CCCC2)c1. The van der Waals surface area contributed by atoms with Gasteiger partial charge in [0.15, 0.2) is 0 Å². The number of hydrogen-bond donors (Lipinski definition) is 2. The molecule has 0 aliphatic heterocycles. The number of carbonyl (C=O) groups is 1.